The van der Waals surface area contributed by atoms with Crippen LogP contribution in [0.5, 0.6) is 0 Å². The summed E-state index contributed by atoms with van der Waals surface area (Å²) >= 11 is 0. The van der Waals surface area contributed by atoms with Crippen LogP contribution in [-0.4, -0.2) is 23.3 Å². The van der Waals surface area contributed by atoms with Crippen molar-refractivity contribution in [3.63, 3.8) is 0 Å². The van der Waals surface area contributed by atoms with Crippen LogP contribution in [0.25, 0.3) is 0 Å². The molecule has 0 spiro atoms. The number of hydrogen-bond donors (Lipinski definition) is 1. The molecule has 0 aromatic carbocycles. The van der Waals surface area contributed by atoms with Gasteiger partial charge in [0.15, 0.2) is 0 Å². The minimum Gasteiger partial charge on any atom is -0.462 e. The Morgan fingerprint density at radius 2 is 2.25 bits per heavy atom. The molecule has 3 nitrogen and oxygen atoms in total. The van der Waals surface area contributed by atoms with Crippen LogP contribution in [0.4, 0.5) is 0 Å². The maximum absolute atomic E-state index is 11.2. The third-order valence-electron chi connectivity index (χ3n) is 3.08. The SMILES string of the molecule is CC1C(=O)OC2CCC[C@H](O)C21. The van der Waals surface area contributed by atoms with Crippen molar-refractivity contribution in [2.24, 2.45) is 11.8 Å². The first-order valence-corrected chi connectivity index (χ1v) is 4.58. The number of aliphatic hydroxyl groups is 1. The molecule has 0 aromatic rings. The highest BCUT2D eigenvalue weighted by Crippen LogP contribution is 2.38. The molecule has 0 aromatic heterocycles. The van der Waals surface area contributed by atoms with Crippen molar-refractivity contribution >= 4 is 5.97 Å². The van der Waals surface area contributed by atoms with E-state index in [-0.39, 0.29) is 30.0 Å². The second-order valence-electron chi connectivity index (χ2n) is 3.84. The molecule has 2 fully saturated rings. The monoisotopic (exact) mass is 170 g/mol. The van der Waals surface area contributed by atoms with E-state index in [4.69, 9.17) is 4.74 Å². The maximum atomic E-state index is 11.2. The average molecular weight is 170 g/mol. The summed E-state index contributed by atoms with van der Waals surface area (Å²) in [6.45, 7) is 1.85. The van der Waals surface area contributed by atoms with Crippen LogP contribution in [0, 0.1) is 11.8 Å². The Labute approximate surface area is 71.7 Å². The van der Waals surface area contributed by atoms with Crippen LogP contribution < -0.4 is 0 Å². The molecule has 1 N–H and O–H groups in total. The van der Waals surface area contributed by atoms with Crippen molar-refractivity contribution in [2.75, 3.05) is 0 Å². The van der Waals surface area contributed by atoms with Crippen molar-refractivity contribution in [1.82, 2.24) is 0 Å². The van der Waals surface area contributed by atoms with Gasteiger partial charge in [0.05, 0.1) is 12.0 Å². The molecule has 68 valence electrons. The first-order chi connectivity index (χ1) is 5.70. The molecule has 1 aliphatic carbocycles. The van der Waals surface area contributed by atoms with E-state index < -0.39 is 0 Å². The van der Waals surface area contributed by atoms with E-state index in [0.29, 0.717) is 0 Å². The number of fused-ring (bicyclic) bond motifs is 1. The number of rotatable bonds is 0. The minimum atomic E-state index is -0.329. The highest BCUT2D eigenvalue weighted by Gasteiger charge is 2.47. The van der Waals surface area contributed by atoms with E-state index in [0.717, 1.165) is 19.3 Å². The van der Waals surface area contributed by atoms with E-state index in [2.05, 4.69) is 0 Å². The van der Waals surface area contributed by atoms with E-state index >= 15 is 0 Å². The topological polar surface area (TPSA) is 46.5 Å². The third-order valence-corrected chi connectivity index (χ3v) is 3.08. The lowest BCUT2D eigenvalue weighted by atomic mass is 9.79. The van der Waals surface area contributed by atoms with Crippen molar-refractivity contribution in [3.05, 3.63) is 0 Å². The van der Waals surface area contributed by atoms with Gasteiger partial charge in [-0.3, -0.25) is 4.79 Å². The van der Waals surface area contributed by atoms with Crippen LogP contribution in [0.1, 0.15) is 26.2 Å². The lowest BCUT2D eigenvalue weighted by Crippen LogP contribution is -2.35. The second-order valence-corrected chi connectivity index (χ2v) is 3.84. The smallest absolute Gasteiger partial charge is 0.309 e. The number of hydrogen-bond acceptors (Lipinski definition) is 3. The second kappa shape index (κ2) is 2.73. The standard InChI is InChI=1S/C9H14O3/c1-5-8-6(10)3-2-4-7(8)12-9(5)11/h5-8,10H,2-4H2,1H3/t5?,6-,7?,8?/m0/s1. The Morgan fingerprint density at radius 1 is 1.50 bits per heavy atom. The Balaban J connectivity index is 2.17. The molecule has 0 amide bonds. The van der Waals surface area contributed by atoms with Crippen LogP contribution >= 0.6 is 0 Å². The Hall–Kier alpha value is -0.570. The quantitative estimate of drug-likeness (QED) is 0.544. The molecule has 0 radical (unpaired) electrons. The Morgan fingerprint density at radius 3 is 2.92 bits per heavy atom. The van der Waals surface area contributed by atoms with Crippen LogP contribution in [0.3, 0.4) is 0 Å². The molecule has 4 atom stereocenters. The van der Waals surface area contributed by atoms with Crippen LogP contribution in [0.2, 0.25) is 0 Å². The highest BCUT2D eigenvalue weighted by molar-refractivity contribution is 5.75. The molecule has 1 saturated heterocycles. The predicted molar refractivity (Wildman–Crippen MR) is 42.4 cm³/mol. The van der Waals surface area contributed by atoms with E-state index in [1.165, 1.54) is 0 Å². The molecule has 12 heavy (non-hydrogen) atoms. The van der Waals surface area contributed by atoms with E-state index in [1.807, 2.05) is 6.92 Å². The predicted octanol–water partition coefficient (Wildman–Crippen LogP) is 0.709. The fourth-order valence-electron chi connectivity index (χ4n) is 2.37. The molecular weight excluding hydrogens is 156 g/mol. The summed E-state index contributed by atoms with van der Waals surface area (Å²) in [4.78, 5) is 11.2. The van der Waals surface area contributed by atoms with Crippen LogP contribution in [-0.2, 0) is 9.53 Å². The fraction of sp³-hybridized carbons (Fsp3) is 0.889. The summed E-state index contributed by atoms with van der Waals surface area (Å²) in [6, 6.07) is 0. The molecule has 1 aliphatic heterocycles. The van der Waals surface area contributed by atoms with Gasteiger partial charge in [0.25, 0.3) is 0 Å². The molecule has 3 heteroatoms. The molecule has 1 saturated carbocycles. The van der Waals surface area contributed by atoms with Gasteiger partial charge in [-0.15, -0.1) is 0 Å². The van der Waals surface area contributed by atoms with Gasteiger partial charge < -0.3 is 9.84 Å². The van der Waals surface area contributed by atoms with Crippen molar-refractivity contribution in [3.8, 4) is 0 Å². The number of aliphatic hydroxyl groups excluding tert-OH is 1. The number of carbonyl (C=O) groups excluding carboxylic acids is 1. The summed E-state index contributed by atoms with van der Waals surface area (Å²) in [6.07, 6.45) is 2.39. The number of carbonyl (C=O) groups is 1. The van der Waals surface area contributed by atoms with Crippen LogP contribution in [0.15, 0.2) is 0 Å². The summed E-state index contributed by atoms with van der Waals surface area (Å²) < 4.78 is 5.15. The molecular formula is C9H14O3. The number of ether oxygens (including phenoxy) is 1. The largest absolute Gasteiger partial charge is 0.462 e. The third kappa shape index (κ3) is 1.04. The van der Waals surface area contributed by atoms with Crippen molar-refractivity contribution in [2.45, 2.75) is 38.4 Å². The molecule has 3 unspecified atom stereocenters. The first-order valence-electron chi connectivity index (χ1n) is 4.58. The average Bonchev–Trinajstić information content (AvgIpc) is 2.29. The fourth-order valence-corrected chi connectivity index (χ4v) is 2.37. The zero-order chi connectivity index (χ0) is 8.72. The van der Waals surface area contributed by atoms with Gasteiger partial charge in [-0.25, -0.2) is 0 Å². The lowest BCUT2D eigenvalue weighted by Gasteiger charge is -2.29. The normalized spacial score (nSPS) is 47.0. The zero-order valence-corrected chi connectivity index (χ0v) is 7.19. The molecule has 2 aliphatic rings. The van der Waals surface area contributed by atoms with Crippen molar-refractivity contribution in [1.29, 1.82) is 0 Å². The molecule has 2 rings (SSSR count). The maximum Gasteiger partial charge on any atom is 0.309 e. The zero-order valence-electron chi connectivity index (χ0n) is 7.19. The Bertz CT molecular complexity index is 202. The summed E-state index contributed by atoms with van der Waals surface area (Å²) in [7, 11) is 0. The van der Waals surface area contributed by atoms with Gasteiger partial charge in [0.2, 0.25) is 0 Å². The van der Waals surface area contributed by atoms with Gasteiger partial charge in [-0.2, -0.15) is 0 Å². The van der Waals surface area contributed by atoms with Gasteiger partial charge in [-0.1, -0.05) is 6.92 Å². The first kappa shape index (κ1) is 8.05. The summed E-state index contributed by atoms with van der Waals surface area (Å²) in [5.41, 5.74) is 0. The highest BCUT2D eigenvalue weighted by atomic mass is 16.6. The molecule has 0 bridgehead atoms. The minimum absolute atomic E-state index is 0.00347. The van der Waals surface area contributed by atoms with Gasteiger partial charge in [0, 0.05) is 5.92 Å². The van der Waals surface area contributed by atoms with E-state index in [1.54, 1.807) is 0 Å². The van der Waals surface area contributed by atoms with Crippen molar-refractivity contribution < 1.29 is 14.6 Å². The molecule has 1 heterocycles. The summed E-state index contributed by atoms with van der Waals surface area (Å²) in [5.74, 6) is -0.178. The number of esters is 1. The van der Waals surface area contributed by atoms with Gasteiger partial charge in [0.1, 0.15) is 6.10 Å². The lowest BCUT2D eigenvalue weighted by molar-refractivity contribution is -0.144. The Kier molecular flexibility index (Phi) is 1.83. The van der Waals surface area contributed by atoms with Gasteiger partial charge in [-0.05, 0) is 19.3 Å². The summed E-state index contributed by atoms with van der Waals surface area (Å²) in [5, 5.41) is 9.64. The van der Waals surface area contributed by atoms with E-state index in [9.17, 15) is 9.90 Å². The van der Waals surface area contributed by atoms with Gasteiger partial charge >= 0.3 is 5.97 Å².